The highest BCUT2D eigenvalue weighted by atomic mass is 16.2. The molecule has 1 aromatic rings. The van der Waals surface area contributed by atoms with Crippen molar-refractivity contribution >= 4 is 23.6 Å². The summed E-state index contributed by atoms with van der Waals surface area (Å²) in [5, 5.41) is 3.17. The lowest BCUT2D eigenvalue weighted by atomic mass is 9.93. The number of imide groups is 1. The van der Waals surface area contributed by atoms with Crippen molar-refractivity contribution in [1.29, 1.82) is 0 Å². The Balaban J connectivity index is 1.29. The number of fused-ring (bicyclic) bond motifs is 1. The standard InChI is InChI=1S/C23H29N3O4/c27-20(12-14-26-22(29)18-10-4-5-11-19(18)23(26)30)25-13-6-7-16(15-25)21(28)24-17-8-2-1-3-9-17/h4-5,10-11,16-17H,1-3,6-9,12-15H2,(H,24,28). The van der Waals surface area contributed by atoms with Crippen molar-refractivity contribution in [2.45, 2.75) is 57.4 Å². The minimum absolute atomic E-state index is 0.0553. The van der Waals surface area contributed by atoms with E-state index in [0.717, 1.165) is 43.4 Å². The van der Waals surface area contributed by atoms with E-state index in [1.807, 2.05) is 0 Å². The summed E-state index contributed by atoms with van der Waals surface area (Å²) in [6.07, 6.45) is 7.33. The molecule has 1 atom stereocenters. The first-order chi connectivity index (χ1) is 14.5. The molecule has 30 heavy (non-hydrogen) atoms. The number of piperidine rings is 1. The number of nitrogens with zero attached hydrogens (tertiary/aromatic N) is 2. The fraction of sp³-hybridized carbons (Fsp3) is 0.565. The zero-order valence-corrected chi connectivity index (χ0v) is 17.3. The van der Waals surface area contributed by atoms with E-state index in [-0.39, 0.29) is 48.6 Å². The number of likely N-dealkylation sites (tertiary alicyclic amines) is 1. The Kier molecular flexibility index (Phi) is 6.16. The lowest BCUT2D eigenvalue weighted by Gasteiger charge is -2.33. The van der Waals surface area contributed by atoms with Crippen LogP contribution in [-0.4, -0.2) is 59.1 Å². The maximum Gasteiger partial charge on any atom is 0.261 e. The molecule has 1 aliphatic carbocycles. The van der Waals surface area contributed by atoms with Crippen molar-refractivity contribution in [3.8, 4) is 0 Å². The molecule has 160 valence electrons. The average molecular weight is 412 g/mol. The Morgan fingerprint density at radius 2 is 1.60 bits per heavy atom. The Hall–Kier alpha value is -2.70. The fourth-order valence-electron chi connectivity index (χ4n) is 4.79. The van der Waals surface area contributed by atoms with Crippen LogP contribution >= 0.6 is 0 Å². The summed E-state index contributed by atoms with van der Waals surface area (Å²) in [4.78, 5) is 53.2. The minimum atomic E-state index is -0.341. The molecular weight excluding hydrogens is 382 g/mol. The van der Waals surface area contributed by atoms with Gasteiger partial charge in [-0.3, -0.25) is 24.1 Å². The van der Waals surface area contributed by atoms with Crippen LogP contribution in [0.4, 0.5) is 0 Å². The lowest BCUT2D eigenvalue weighted by Crippen LogP contribution is -2.48. The van der Waals surface area contributed by atoms with Gasteiger partial charge in [0.25, 0.3) is 11.8 Å². The van der Waals surface area contributed by atoms with Crippen LogP contribution in [0.25, 0.3) is 0 Å². The lowest BCUT2D eigenvalue weighted by molar-refractivity contribution is -0.136. The molecule has 2 aliphatic heterocycles. The second kappa shape index (κ2) is 8.98. The van der Waals surface area contributed by atoms with Crippen LogP contribution in [0.5, 0.6) is 0 Å². The Bertz CT molecular complexity index is 812. The van der Waals surface area contributed by atoms with E-state index in [9.17, 15) is 19.2 Å². The van der Waals surface area contributed by atoms with Crippen molar-refractivity contribution in [3.63, 3.8) is 0 Å². The summed E-state index contributed by atoms with van der Waals surface area (Å²) in [5.41, 5.74) is 0.791. The van der Waals surface area contributed by atoms with Crippen LogP contribution in [0.2, 0.25) is 0 Å². The van der Waals surface area contributed by atoms with Crippen molar-refractivity contribution < 1.29 is 19.2 Å². The number of carbonyl (C=O) groups is 4. The summed E-state index contributed by atoms with van der Waals surface area (Å²) >= 11 is 0. The van der Waals surface area contributed by atoms with Crippen LogP contribution in [-0.2, 0) is 9.59 Å². The number of benzene rings is 1. The molecule has 0 spiro atoms. The summed E-state index contributed by atoms with van der Waals surface area (Å²) in [7, 11) is 0. The van der Waals surface area contributed by atoms with Gasteiger partial charge >= 0.3 is 0 Å². The summed E-state index contributed by atoms with van der Waals surface area (Å²) in [5.74, 6) is -0.913. The largest absolute Gasteiger partial charge is 0.353 e. The van der Waals surface area contributed by atoms with Gasteiger partial charge in [-0.05, 0) is 37.8 Å². The second-order valence-electron chi connectivity index (χ2n) is 8.58. The Morgan fingerprint density at radius 1 is 0.933 bits per heavy atom. The van der Waals surface area contributed by atoms with E-state index in [0.29, 0.717) is 24.2 Å². The predicted molar refractivity (Wildman–Crippen MR) is 111 cm³/mol. The van der Waals surface area contributed by atoms with E-state index < -0.39 is 0 Å². The first-order valence-electron chi connectivity index (χ1n) is 11.1. The van der Waals surface area contributed by atoms with Crippen LogP contribution < -0.4 is 5.32 Å². The molecule has 1 saturated heterocycles. The SMILES string of the molecule is O=C(NC1CCCCC1)C1CCCN(C(=O)CCN2C(=O)c3ccccc3C2=O)C1. The van der Waals surface area contributed by atoms with Gasteiger partial charge in [0.05, 0.1) is 17.0 Å². The molecule has 2 fully saturated rings. The van der Waals surface area contributed by atoms with Crippen LogP contribution in [0.1, 0.15) is 72.1 Å². The fourth-order valence-corrected chi connectivity index (χ4v) is 4.79. The van der Waals surface area contributed by atoms with Gasteiger partial charge in [-0.1, -0.05) is 31.4 Å². The first-order valence-corrected chi connectivity index (χ1v) is 11.1. The zero-order valence-electron chi connectivity index (χ0n) is 17.3. The third-order valence-electron chi connectivity index (χ3n) is 6.52. The number of rotatable bonds is 5. The molecule has 1 unspecified atom stereocenters. The molecule has 4 amide bonds. The topological polar surface area (TPSA) is 86.8 Å². The van der Waals surface area contributed by atoms with E-state index in [1.54, 1.807) is 29.2 Å². The van der Waals surface area contributed by atoms with Crippen molar-refractivity contribution in [2.24, 2.45) is 5.92 Å². The molecule has 7 nitrogen and oxygen atoms in total. The highest BCUT2D eigenvalue weighted by Crippen LogP contribution is 2.24. The van der Waals surface area contributed by atoms with Gasteiger partial charge in [-0.2, -0.15) is 0 Å². The smallest absolute Gasteiger partial charge is 0.261 e. The highest BCUT2D eigenvalue weighted by Gasteiger charge is 2.36. The Morgan fingerprint density at radius 3 is 2.27 bits per heavy atom. The zero-order chi connectivity index (χ0) is 21.1. The van der Waals surface area contributed by atoms with E-state index in [4.69, 9.17) is 0 Å². The molecule has 0 radical (unpaired) electrons. The third kappa shape index (κ3) is 4.25. The molecule has 1 N–H and O–H groups in total. The quantitative estimate of drug-likeness (QED) is 0.754. The number of nitrogens with one attached hydrogen (secondary N) is 1. The van der Waals surface area contributed by atoms with Crippen LogP contribution in [0.3, 0.4) is 0 Å². The molecule has 4 rings (SSSR count). The number of carbonyl (C=O) groups excluding carboxylic acids is 4. The second-order valence-corrected chi connectivity index (χ2v) is 8.58. The van der Waals surface area contributed by atoms with Crippen molar-refractivity contribution in [1.82, 2.24) is 15.1 Å². The maximum atomic E-state index is 12.7. The predicted octanol–water partition coefficient (Wildman–Crippen LogP) is 2.36. The van der Waals surface area contributed by atoms with Crippen molar-refractivity contribution in [2.75, 3.05) is 19.6 Å². The molecule has 0 bridgehead atoms. The molecule has 2 heterocycles. The molecule has 7 heteroatoms. The average Bonchev–Trinajstić information content (AvgIpc) is 3.03. The summed E-state index contributed by atoms with van der Waals surface area (Å²) in [6, 6.07) is 7.00. The van der Waals surface area contributed by atoms with Gasteiger partial charge in [-0.15, -0.1) is 0 Å². The molecule has 1 aromatic carbocycles. The third-order valence-corrected chi connectivity index (χ3v) is 6.52. The molecule has 0 aromatic heterocycles. The van der Waals surface area contributed by atoms with Gasteiger partial charge in [0.2, 0.25) is 11.8 Å². The number of hydrogen-bond donors (Lipinski definition) is 1. The van der Waals surface area contributed by atoms with Crippen molar-refractivity contribution in [3.05, 3.63) is 35.4 Å². The van der Waals surface area contributed by atoms with Gasteiger partial charge in [-0.25, -0.2) is 0 Å². The van der Waals surface area contributed by atoms with Gasteiger partial charge in [0, 0.05) is 32.1 Å². The first kappa shape index (κ1) is 20.6. The number of amides is 4. The van der Waals surface area contributed by atoms with E-state index in [1.165, 1.54) is 6.42 Å². The monoisotopic (exact) mass is 411 g/mol. The summed E-state index contributed by atoms with van der Waals surface area (Å²) in [6.45, 7) is 1.11. The Labute approximate surface area is 176 Å². The normalized spacial score (nSPS) is 22.2. The van der Waals surface area contributed by atoms with Gasteiger partial charge in [0.1, 0.15) is 0 Å². The molecular formula is C23H29N3O4. The van der Waals surface area contributed by atoms with E-state index in [2.05, 4.69) is 5.32 Å². The summed E-state index contributed by atoms with van der Waals surface area (Å²) < 4.78 is 0. The minimum Gasteiger partial charge on any atom is -0.353 e. The van der Waals surface area contributed by atoms with Crippen LogP contribution in [0.15, 0.2) is 24.3 Å². The van der Waals surface area contributed by atoms with Gasteiger partial charge in [0.15, 0.2) is 0 Å². The number of hydrogen-bond acceptors (Lipinski definition) is 4. The molecule has 1 saturated carbocycles. The van der Waals surface area contributed by atoms with Gasteiger partial charge < -0.3 is 10.2 Å². The van der Waals surface area contributed by atoms with E-state index >= 15 is 0 Å². The highest BCUT2D eigenvalue weighted by molar-refractivity contribution is 6.21. The maximum absolute atomic E-state index is 12.7. The molecule has 3 aliphatic rings. The van der Waals surface area contributed by atoms with Crippen LogP contribution in [0, 0.1) is 5.92 Å².